The van der Waals surface area contributed by atoms with Crippen molar-refractivity contribution in [2.45, 2.75) is 26.3 Å². The number of nitrogens with one attached hydrogen (secondary N) is 2. The van der Waals surface area contributed by atoms with Gasteiger partial charge in [0.25, 0.3) is 0 Å². The summed E-state index contributed by atoms with van der Waals surface area (Å²) in [4.78, 5) is 6.78. The molecule has 8 heteroatoms. The van der Waals surface area contributed by atoms with Gasteiger partial charge in [-0.2, -0.15) is 15.6 Å². The highest BCUT2D eigenvalue weighted by molar-refractivity contribution is 5.93. The number of hydrogen-bond donors (Lipinski definition) is 2. The maximum atomic E-state index is 9.83. The summed E-state index contributed by atoms with van der Waals surface area (Å²) in [5, 5.41) is 31.6. The number of fused-ring (bicyclic) bond motifs is 1. The molecule has 2 aliphatic rings. The summed E-state index contributed by atoms with van der Waals surface area (Å²) in [5.41, 5.74) is 6.12. The minimum atomic E-state index is -0.473. The number of ether oxygens (including phenoxy) is 1. The maximum Gasteiger partial charge on any atom is 0.156 e. The lowest BCUT2D eigenvalue weighted by molar-refractivity contribution is 0.122. The van der Waals surface area contributed by atoms with Crippen LogP contribution in [-0.4, -0.2) is 42.2 Å². The average Bonchev–Trinajstić information content (AvgIpc) is 3.30. The highest BCUT2D eigenvalue weighted by Crippen LogP contribution is 2.39. The normalized spacial score (nSPS) is 20.3. The Bertz CT molecular complexity index is 1380. The molecule has 35 heavy (non-hydrogen) atoms. The first-order valence-electron chi connectivity index (χ1n) is 11.8. The molecule has 3 heterocycles. The lowest BCUT2D eigenvalue weighted by atomic mass is 9.76. The van der Waals surface area contributed by atoms with E-state index in [1.54, 1.807) is 0 Å². The fraction of sp³-hybridized carbons (Fsp3) is 0.333. The van der Waals surface area contributed by atoms with E-state index in [4.69, 9.17) is 4.74 Å². The molecule has 1 aromatic heterocycles. The van der Waals surface area contributed by atoms with Gasteiger partial charge in [0.1, 0.15) is 0 Å². The number of H-pyrrole nitrogens is 1. The number of aromatic nitrogens is 2. The van der Waals surface area contributed by atoms with Crippen LogP contribution < -0.4 is 10.2 Å². The molecule has 0 saturated carbocycles. The highest BCUT2D eigenvalue weighted by Gasteiger charge is 2.34. The summed E-state index contributed by atoms with van der Waals surface area (Å²) >= 11 is 0. The smallest absolute Gasteiger partial charge is 0.156 e. The maximum absolute atomic E-state index is 9.83. The van der Waals surface area contributed by atoms with E-state index in [1.165, 1.54) is 5.69 Å². The number of rotatable bonds is 5. The Kier molecular flexibility index (Phi) is 6.22. The molecule has 0 aliphatic carbocycles. The molecule has 0 bridgehead atoms. The molecule has 2 aliphatic heterocycles. The minimum Gasteiger partial charge on any atom is -0.378 e. The van der Waals surface area contributed by atoms with Crippen LogP contribution in [0.15, 0.2) is 58.7 Å². The van der Waals surface area contributed by atoms with Gasteiger partial charge in [-0.05, 0) is 49.2 Å². The lowest BCUT2D eigenvalue weighted by Gasteiger charge is -2.28. The van der Waals surface area contributed by atoms with Gasteiger partial charge >= 0.3 is 0 Å². The first-order valence-corrected chi connectivity index (χ1v) is 11.8. The Morgan fingerprint density at radius 3 is 2.60 bits per heavy atom. The van der Waals surface area contributed by atoms with Gasteiger partial charge in [-0.25, -0.2) is 0 Å². The van der Waals surface area contributed by atoms with E-state index in [0.29, 0.717) is 17.8 Å². The number of benzene rings is 2. The molecule has 1 fully saturated rings. The summed E-state index contributed by atoms with van der Waals surface area (Å²) in [6.07, 6.45) is 0. The topological polar surface area (TPSA) is 113 Å². The molecule has 0 spiro atoms. The van der Waals surface area contributed by atoms with Crippen molar-refractivity contribution in [3.05, 3.63) is 64.9 Å². The third-order valence-electron chi connectivity index (χ3n) is 6.81. The summed E-state index contributed by atoms with van der Waals surface area (Å²) < 4.78 is 5.44. The standard InChI is InChI=1S/C27H27N7O/c1-17-23(14-28)26(24(15-29)18(2)31-17)20-5-8-25-22(13-20)27(33-32-25)30-16-19-3-6-21(7-4-19)34-9-11-35-12-10-34/h3-8,13,23,26H,9-12,16H2,1-2H3,(H2,30,32,33). The third kappa shape index (κ3) is 4.37. The fourth-order valence-electron chi connectivity index (χ4n) is 4.90. The number of morpholine rings is 1. The molecule has 1 saturated heterocycles. The molecular formula is C27H27N7O. The van der Waals surface area contributed by atoms with E-state index in [-0.39, 0.29) is 5.92 Å². The van der Waals surface area contributed by atoms with Crippen LogP contribution in [0.3, 0.4) is 0 Å². The van der Waals surface area contributed by atoms with Crippen molar-refractivity contribution >= 4 is 28.1 Å². The quantitative estimate of drug-likeness (QED) is 0.573. The Balaban J connectivity index is 1.38. The zero-order valence-corrected chi connectivity index (χ0v) is 19.9. The van der Waals surface area contributed by atoms with Crippen LogP contribution in [0.4, 0.5) is 11.5 Å². The van der Waals surface area contributed by atoms with Crippen LogP contribution in [0.25, 0.3) is 10.9 Å². The molecule has 2 aromatic carbocycles. The van der Waals surface area contributed by atoms with E-state index in [9.17, 15) is 10.5 Å². The molecule has 3 aromatic rings. The predicted molar refractivity (Wildman–Crippen MR) is 136 cm³/mol. The Labute approximate surface area is 204 Å². The van der Waals surface area contributed by atoms with Crippen molar-refractivity contribution in [3.63, 3.8) is 0 Å². The van der Waals surface area contributed by atoms with Crippen LogP contribution in [0.1, 0.15) is 30.9 Å². The molecule has 5 rings (SSSR count). The van der Waals surface area contributed by atoms with Crippen LogP contribution in [0.5, 0.6) is 0 Å². The van der Waals surface area contributed by atoms with E-state index in [1.807, 2.05) is 32.0 Å². The Hall–Kier alpha value is -4.14. The minimum absolute atomic E-state index is 0.345. The first-order chi connectivity index (χ1) is 17.1. The second kappa shape index (κ2) is 9.61. The predicted octanol–water partition coefficient (Wildman–Crippen LogP) is 4.51. The first kappa shape index (κ1) is 22.6. The van der Waals surface area contributed by atoms with Gasteiger partial charge in [0, 0.05) is 42.3 Å². The molecule has 0 radical (unpaired) electrons. The zero-order valence-electron chi connectivity index (χ0n) is 19.9. The molecule has 2 N–H and O–H groups in total. The molecule has 2 atom stereocenters. The molecule has 0 amide bonds. The average molecular weight is 466 g/mol. The van der Waals surface area contributed by atoms with Crippen LogP contribution in [0, 0.1) is 28.6 Å². The van der Waals surface area contributed by atoms with Crippen LogP contribution in [0.2, 0.25) is 0 Å². The van der Waals surface area contributed by atoms with E-state index >= 15 is 0 Å². The van der Waals surface area contributed by atoms with Crippen LogP contribution >= 0.6 is 0 Å². The van der Waals surface area contributed by atoms with Crippen molar-refractivity contribution in [2.24, 2.45) is 10.9 Å². The zero-order chi connectivity index (χ0) is 24.4. The number of nitriles is 2. The Morgan fingerprint density at radius 1 is 1.11 bits per heavy atom. The van der Waals surface area contributed by atoms with Crippen molar-refractivity contribution in [1.29, 1.82) is 10.5 Å². The van der Waals surface area contributed by atoms with Crippen molar-refractivity contribution in [3.8, 4) is 12.1 Å². The van der Waals surface area contributed by atoms with E-state index in [0.717, 1.165) is 59.9 Å². The SMILES string of the molecule is CC1=NC(C)=C(C#N)C(c2ccc3[nH]nc(NCc4ccc(N5CCOCC5)cc4)c3c2)C1C#N. The fourth-order valence-corrected chi connectivity index (χ4v) is 4.90. The highest BCUT2D eigenvalue weighted by atomic mass is 16.5. The lowest BCUT2D eigenvalue weighted by Crippen LogP contribution is -2.36. The summed E-state index contributed by atoms with van der Waals surface area (Å²) in [6.45, 7) is 7.69. The van der Waals surface area contributed by atoms with Crippen molar-refractivity contribution in [2.75, 3.05) is 36.5 Å². The third-order valence-corrected chi connectivity index (χ3v) is 6.81. The number of anilines is 2. The van der Waals surface area contributed by atoms with Crippen molar-refractivity contribution < 1.29 is 4.74 Å². The monoisotopic (exact) mass is 465 g/mol. The number of nitrogens with zero attached hydrogens (tertiary/aromatic N) is 5. The molecular weight excluding hydrogens is 438 g/mol. The molecule has 2 unspecified atom stereocenters. The van der Waals surface area contributed by atoms with Gasteiger partial charge in [0.2, 0.25) is 0 Å². The number of aromatic amines is 1. The summed E-state index contributed by atoms with van der Waals surface area (Å²) in [6, 6.07) is 19.2. The van der Waals surface area contributed by atoms with Gasteiger partial charge in [-0.3, -0.25) is 10.1 Å². The van der Waals surface area contributed by atoms with Crippen molar-refractivity contribution in [1.82, 2.24) is 10.2 Å². The second-order valence-corrected chi connectivity index (χ2v) is 8.95. The molecule has 176 valence electrons. The Morgan fingerprint density at radius 2 is 1.89 bits per heavy atom. The van der Waals surface area contributed by atoms with Gasteiger partial charge in [0.15, 0.2) is 5.82 Å². The van der Waals surface area contributed by atoms with Gasteiger partial charge in [-0.15, -0.1) is 0 Å². The largest absolute Gasteiger partial charge is 0.378 e. The summed E-state index contributed by atoms with van der Waals surface area (Å²) in [5.74, 6) is -0.0745. The number of aliphatic imine (C=N–C) groups is 1. The van der Waals surface area contributed by atoms with Gasteiger partial charge < -0.3 is 15.0 Å². The van der Waals surface area contributed by atoms with Gasteiger partial charge in [0.05, 0.1) is 48.1 Å². The summed E-state index contributed by atoms with van der Waals surface area (Å²) in [7, 11) is 0. The number of allylic oxidation sites excluding steroid dienone is 2. The van der Waals surface area contributed by atoms with Crippen LogP contribution in [-0.2, 0) is 11.3 Å². The van der Waals surface area contributed by atoms with Gasteiger partial charge in [-0.1, -0.05) is 18.2 Å². The molecule has 8 nitrogen and oxygen atoms in total. The van der Waals surface area contributed by atoms with E-state index in [2.05, 4.69) is 61.8 Å². The van der Waals surface area contributed by atoms with E-state index < -0.39 is 5.92 Å². The number of hydrogen-bond acceptors (Lipinski definition) is 7. The second-order valence-electron chi connectivity index (χ2n) is 8.95.